The van der Waals surface area contributed by atoms with Gasteiger partial charge in [0.05, 0.1) is 17.2 Å². The number of fused-ring (bicyclic) bond motifs is 3. The average Bonchev–Trinajstić information content (AvgIpc) is 3.09. The fourth-order valence-corrected chi connectivity index (χ4v) is 5.80. The van der Waals surface area contributed by atoms with Crippen LogP contribution in [0.25, 0.3) is 10.2 Å². The van der Waals surface area contributed by atoms with Crippen molar-refractivity contribution in [3.8, 4) is 6.07 Å². The summed E-state index contributed by atoms with van der Waals surface area (Å²) in [4.78, 5) is 33.0. The van der Waals surface area contributed by atoms with Crippen LogP contribution in [0.2, 0.25) is 0 Å². The molecule has 0 radical (unpaired) electrons. The van der Waals surface area contributed by atoms with Crippen molar-refractivity contribution in [2.24, 2.45) is 11.8 Å². The number of nitriles is 1. The summed E-state index contributed by atoms with van der Waals surface area (Å²) >= 11 is 2.91. The number of nitrogens with zero attached hydrogens (tertiary/aromatic N) is 3. The van der Waals surface area contributed by atoms with Gasteiger partial charge in [-0.3, -0.25) is 14.2 Å². The van der Waals surface area contributed by atoms with Crippen LogP contribution in [0.1, 0.15) is 64.3 Å². The van der Waals surface area contributed by atoms with E-state index < -0.39 is 5.54 Å². The molecule has 1 atom stereocenters. The summed E-state index contributed by atoms with van der Waals surface area (Å²) in [6.45, 7) is 10.4. The van der Waals surface area contributed by atoms with E-state index in [1.165, 1.54) is 22.2 Å². The third kappa shape index (κ3) is 5.15. The quantitative estimate of drug-likeness (QED) is 0.462. The molecule has 1 unspecified atom stereocenters. The molecule has 8 heteroatoms. The lowest BCUT2D eigenvalue weighted by Crippen LogP contribution is -2.49. The number of thiophene rings is 1. The minimum Gasteiger partial charge on any atom is -0.337 e. The number of aromatic nitrogens is 2. The molecule has 2 aromatic rings. The van der Waals surface area contributed by atoms with E-state index in [1.807, 2.05) is 13.8 Å². The van der Waals surface area contributed by atoms with Crippen molar-refractivity contribution in [3.63, 3.8) is 0 Å². The second kappa shape index (κ2) is 9.74. The maximum Gasteiger partial charge on any atom is 0.263 e. The zero-order valence-corrected chi connectivity index (χ0v) is 20.7. The Kier molecular flexibility index (Phi) is 7.48. The van der Waals surface area contributed by atoms with Crippen LogP contribution >= 0.6 is 23.1 Å². The second-order valence-corrected chi connectivity index (χ2v) is 11.3. The van der Waals surface area contributed by atoms with E-state index in [4.69, 9.17) is 4.98 Å². The lowest BCUT2D eigenvalue weighted by atomic mass is 9.90. The normalized spacial score (nSPS) is 15.7. The summed E-state index contributed by atoms with van der Waals surface area (Å²) in [5, 5.41) is 13.7. The Balaban J connectivity index is 1.91. The monoisotopic (exact) mass is 460 g/mol. The van der Waals surface area contributed by atoms with E-state index in [-0.39, 0.29) is 23.1 Å². The highest BCUT2D eigenvalue weighted by atomic mass is 32.2. The van der Waals surface area contributed by atoms with E-state index in [1.54, 1.807) is 22.8 Å². The predicted octanol–water partition coefficient (Wildman–Crippen LogP) is 4.53. The highest BCUT2D eigenvalue weighted by Gasteiger charge is 2.30. The summed E-state index contributed by atoms with van der Waals surface area (Å²) in [7, 11) is 0. The summed E-state index contributed by atoms with van der Waals surface area (Å²) in [5.41, 5.74) is 0.300. The third-order valence-electron chi connectivity index (χ3n) is 6.09. The van der Waals surface area contributed by atoms with Crippen molar-refractivity contribution in [1.82, 2.24) is 14.9 Å². The first-order valence-corrected chi connectivity index (χ1v) is 12.9. The molecule has 2 aromatic heterocycles. The van der Waals surface area contributed by atoms with Crippen LogP contribution in [0.4, 0.5) is 0 Å². The molecule has 0 bridgehead atoms. The maximum atomic E-state index is 13.5. The van der Waals surface area contributed by atoms with Gasteiger partial charge in [-0.25, -0.2) is 4.98 Å². The van der Waals surface area contributed by atoms with Crippen molar-refractivity contribution in [3.05, 3.63) is 20.8 Å². The Bertz CT molecular complexity index is 1060. The summed E-state index contributed by atoms with van der Waals surface area (Å²) in [6, 6.07) is 2.20. The SMILES string of the molecule is CC(C)CCn1c(SCC(=O)NC(C)(C#N)C(C)C)nc2sc3c(c2c1=O)CCCC3. The summed E-state index contributed by atoms with van der Waals surface area (Å²) < 4.78 is 1.76. The van der Waals surface area contributed by atoms with Gasteiger partial charge in [0.2, 0.25) is 5.91 Å². The first-order valence-electron chi connectivity index (χ1n) is 11.1. The second-order valence-electron chi connectivity index (χ2n) is 9.23. The van der Waals surface area contributed by atoms with E-state index >= 15 is 0 Å². The van der Waals surface area contributed by atoms with Gasteiger partial charge in [-0.2, -0.15) is 5.26 Å². The minimum absolute atomic E-state index is 0.0115. The first-order chi connectivity index (χ1) is 14.7. The number of thioether (sulfide) groups is 1. The van der Waals surface area contributed by atoms with Crippen LogP contribution in [0.15, 0.2) is 9.95 Å². The Hall–Kier alpha value is -1.85. The first kappa shape index (κ1) is 23.8. The highest BCUT2D eigenvalue weighted by molar-refractivity contribution is 7.99. The molecule has 1 aliphatic carbocycles. The number of amides is 1. The smallest absolute Gasteiger partial charge is 0.263 e. The Morgan fingerprint density at radius 3 is 2.68 bits per heavy atom. The van der Waals surface area contributed by atoms with Crippen molar-refractivity contribution in [1.29, 1.82) is 5.26 Å². The van der Waals surface area contributed by atoms with Gasteiger partial charge < -0.3 is 5.32 Å². The minimum atomic E-state index is -0.918. The standard InChI is InChI=1S/C23H32N4O2S2/c1-14(2)10-11-27-21(29)19-16-8-6-7-9-17(16)31-20(19)25-22(27)30-12-18(28)26-23(5,13-24)15(3)4/h14-15H,6-12H2,1-5H3,(H,26,28). The molecule has 31 heavy (non-hydrogen) atoms. The molecule has 1 N–H and O–H groups in total. The average molecular weight is 461 g/mol. The molecule has 0 spiro atoms. The van der Waals surface area contributed by atoms with Crippen molar-refractivity contribution in [2.45, 2.75) is 84.0 Å². The van der Waals surface area contributed by atoms with Gasteiger partial charge in [-0.15, -0.1) is 11.3 Å². The predicted molar refractivity (Wildman–Crippen MR) is 128 cm³/mol. The molecular formula is C23H32N4O2S2. The number of aryl methyl sites for hydroxylation is 2. The number of carbonyl (C=O) groups is 1. The van der Waals surface area contributed by atoms with Crippen LogP contribution in [0, 0.1) is 23.2 Å². The van der Waals surface area contributed by atoms with Crippen LogP contribution < -0.4 is 10.9 Å². The topological polar surface area (TPSA) is 87.8 Å². The van der Waals surface area contributed by atoms with Gasteiger partial charge in [-0.05, 0) is 56.4 Å². The number of nitrogens with one attached hydrogen (secondary N) is 1. The van der Waals surface area contributed by atoms with Gasteiger partial charge >= 0.3 is 0 Å². The van der Waals surface area contributed by atoms with Crippen LogP contribution in [0.5, 0.6) is 0 Å². The van der Waals surface area contributed by atoms with Crippen molar-refractivity contribution < 1.29 is 4.79 Å². The van der Waals surface area contributed by atoms with Gasteiger partial charge in [-0.1, -0.05) is 39.5 Å². The molecule has 0 fully saturated rings. The summed E-state index contributed by atoms with van der Waals surface area (Å²) in [6.07, 6.45) is 5.13. The van der Waals surface area contributed by atoms with Crippen molar-refractivity contribution in [2.75, 3.05) is 5.75 Å². The summed E-state index contributed by atoms with van der Waals surface area (Å²) in [5.74, 6) is 0.345. The zero-order valence-electron chi connectivity index (χ0n) is 19.1. The van der Waals surface area contributed by atoms with E-state index in [9.17, 15) is 14.9 Å². The lowest BCUT2D eigenvalue weighted by molar-refractivity contribution is -0.120. The van der Waals surface area contributed by atoms with Gasteiger partial charge in [0, 0.05) is 11.4 Å². The Morgan fingerprint density at radius 2 is 2.03 bits per heavy atom. The molecule has 2 heterocycles. The van der Waals surface area contributed by atoms with Gasteiger partial charge in [0.25, 0.3) is 5.56 Å². The fraction of sp³-hybridized carbons (Fsp3) is 0.652. The van der Waals surface area contributed by atoms with Gasteiger partial charge in [0.1, 0.15) is 10.4 Å². The van der Waals surface area contributed by atoms with Crippen LogP contribution in [-0.2, 0) is 24.2 Å². The Morgan fingerprint density at radius 1 is 1.32 bits per heavy atom. The van der Waals surface area contributed by atoms with Gasteiger partial charge in [0.15, 0.2) is 5.16 Å². The number of hydrogen-bond acceptors (Lipinski definition) is 6. The third-order valence-corrected chi connectivity index (χ3v) is 8.25. The van der Waals surface area contributed by atoms with Crippen LogP contribution in [-0.4, -0.2) is 26.8 Å². The molecule has 1 aliphatic rings. The maximum absolute atomic E-state index is 13.5. The highest BCUT2D eigenvalue weighted by Crippen LogP contribution is 2.34. The zero-order chi connectivity index (χ0) is 22.8. The molecule has 168 valence electrons. The van der Waals surface area contributed by atoms with Crippen molar-refractivity contribution >= 4 is 39.2 Å². The number of hydrogen-bond donors (Lipinski definition) is 1. The van der Waals surface area contributed by atoms with Crippen LogP contribution in [0.3, 0.4) is 0 Å². The molecular weight excluding hydrogens is 428 g/mol. The molecule has 0 aliphatic heterocycles. The molecule has 3 rings (SSSR count). The molecule has 6 nitrogen and oxygen atoms in total. The fourth-order valence-electron chi connectivity index (χ4n) is 3.67. The molecule has 1 amide bonds. The number of rotatable bonds is 8. The molecule has 0 aromatic carbocycles. The Labute approximate surface area is 192 Å². The van der Waals surface area contributed by atoms with E-state index in [2.05, 4.69) is 25.2 Å². The molecule has 0 saturated carbocycles. The largest absolute Gasteiger partial charge is 0.337 e. The number of carbonyl (C=O) groups excluding carboxylic acids is 1. The van der Waals surface area contributed by atoms with E-state index in [0.717, 1.165) is 42.3 Å². The molecule has 0 saturated heterocycles. The van der Waals surface area contributed by atoms with E-state index in [0.29, 0.717) is 17.6 Å². The lowest BCUT2D eigenvalue weighted by Gasteiger charge is -2.27.